The summed E-state index contributed by atoms with van der Waals surface area (Å²) in [5, 5.41) is 3.94. The molecule has 0 spiro atoms. The Bertz CT molecular complexity index is 846. The average Bonchev–Trinajstić information content (AvgIpc) is 2.69. The number of rotatable bonds is 10. The summed E-state index contributed by atoms with van der Waals surface area (Å²) in [7, 11) is 0. The fraction of sp³-hybridized carbons (Fsp3) is 0.391. The van der Waals surface area contributed by atoms with E-state index in [0.717, 1.165) is 16.9 Å². The topological polar surface area (TPSA) is 49.4 Å². The van der Waals surface area contributed by atoms with Crippen molar-refractivity contribution < 1.29 is 9.59 Å². The molecule has 2 amide bonds. The number of nitrogens with one attached hydrogen (secondary N) is 1. The van der Waals surface area contributed by atoms with E-state index in [0.29, 0.717) is 16.5 Å². The number of carbonyl (C=O) groups excluding carboxylic acids is 2. The summed E-state index contributed by atoms with van der Waals surface area (Å²) in [5.74, 6) is 0.773. The summed E-state index contributed by atoms with van der Waals surface area (Å²) >= 11 is 13.9. The molecule has 0 fully saturated rings. The Morgan fingerprint density at radius 1 is 1.10 bits per heavy atom. The van der Waals surface area contributed by atoms with E-state index in [9.17, 15) is 9.59 Å². The molecule has 1 N–H and O–H groups in total. The third-order valence-corrected chi connectivity index (χ3v) is 6.09. The summed E-state index contributed by atoms with van der Waals surface area (Å²) in [4.78, 5) is 27.6. The van der Waals surface area contributed by atoms with Crippen molar-refractivity contribution in [1.82, 2.24) is 10.2 Å². The lowest BCUT2D eigenvalue weighted by molar-refractivity contribution is -0.139. The summed E-state index contributed by atoms with van der Waals surface area (Å²) < 4.78 is 0. The van der Waals surface area contributed by atoms with Crippen LogP contribution in [0.2, 0.25) is 10.0 Å². The highest BCUT2D eigenvalue weighted by Crippen LogP contribution is 2.24. The Morgan fingerprint density at radius 3 is 2.40 bits per heavy atom. The third kappa shape index (κ3) is 7.53. The zero-order valence-electron chi connectivity index (χ0n) is 17.5. The van der Waals surface area contributed by atoms with Gasteiger partial charge in [-0.25, -0.2) is 0 Å². The molecule has 4 nitrogen and oxygen atoms in total. The second-order valence-electron chi connectivity index (χ2n) is 7.32. The van der Waals surface area contributed by atoms with E-state index in [1.165, 1.54) is 11.8 Å². The van der Waals surface area contributed by atoms with E-state index in [-0.39, 0.29) is 30.2 Å². The largest absolute Gasteiger partial charge is 0.352 e. The number of hydrogen-bond acceptors (Lipinski definition) is 3. The molecule has 0 heterocycles. The maximum Gasteiger partial charge on any atom is 0.243 e. The lowest BCUT2D eigenvalue weighted by atomic mass is 10.1. The molecule has 1 unspecified atom stereocenters. The van der Waals surface area contributed by atoms with Crippen molar-refractivity contribution in [1.29, 1.82) is 0 Å². The van der Waals surface area contributed by atoms with Gasteiger partial charge in [0.2, 0.25) is 11.8 Å². The maximum absolute atomic E-state index is 13.2. The average molecular weight is 467 g/mol. The molecule has 2 aromatic carbocycles. The minimum atomic E-state index is -0.566. The maximum atomic E-state index is 13.2. The van der Waals surface area contributed by atoms with Crippen LogP contribution in [-0.2, 0) is 21.9 Å². The summed E-state index contributed by atoms with van der Waals surface area (Å²) in [6.45, 7) is 5.97. The van der Waals surface area contributed by atoms with Gasteiger partial charge >= 0.3 is 0 Å². The first-order valence-corrected chi connectivity index (χ1v) is 11.9. The Morgan fingerprint density at radius 2 is 1.80 bits per heavy atom. The molecule has 30 heavy (non-hydrogen) atoms. The van der Waals surface area contributed by atoms with E-state index in [1.54, 1.807) is 23.1 Å². The van der Waals surface area contributed by atoms with Crippen LogP contribution in [0.1, 0.15) is 38.3 Å². The number of hydrogen-bond donors (Lipinski definition) is 1. The Kier molecular flexibility index (Phi) is 10.0. The molecular formula is C23H28Cl2N2O2S. The van der Waals surface area contributed by atoms with Gasteiger partial charge in [-0.15, -0.1) is 11.8 Å². The van der Waals surface area contributed by atoms with Crippen molar-refractivity contribution >= 4 is 46.8 Å². The molecule has 0 aliphatic heterocycles. The number of thioether (sulfide) groups is 1. The molecule has 7 heteroatoms. The van der Waals surface area contributed by atoms with Crippen LogP contribution < -0.4 is 5.32 Å². The molecule has 2 aromatic rings. The zero-order valence-corrected chi connectivity index (χ0v) is 19.9. The SMILES string of the molecule is CCC(C(=O)NC(C)C)N(Cc1ccc(Cl)cc1Cl)C(=O)CSCc1ccccc1. The van der Waals surface area contributed by atoms with Crippen molar-refractivity contribution in [3.63, 3.8) is 0 Å². The molecule has 0 saturated carbocycles. The van der Waals surface area contributed by atoms with Crippen LogP contribution in [0.4, 0.5) is 0 Å². The van der Waals surface area contributed by atoms with Crippen LogP contribution in [-0.4, -0.2) is 34.6 Å². The van der Waals surface area contributed by atoms with E-state index >= 15 is 0 Å². The second-order valence-corrected chi connectivity index (χ2v) is 9.15. The van der Waals surface area contributed by atoms with Gasteiger partial charge in [0.1, 0.15) is 6.04 Å². The van der Waals surface area contributed by atoms with Gasteiger partial charge < -0.3 is 10.2 Å². The molecule has 0 bridgehead atoms. The van der Waals surface area contributed by atoms with Gasteiger partial charge in [0, 0.05) is 28.4 Å². The van der Waals surface area contributed by atoms with Crippen LogP contribution in [0.25, 0.3) is 0 Å². The van der Waals surface area contributed by atoms with Crippen molar-refractivity contribution in [2.45, 2.75) is 51.6 Å². The summed E-state index contributed by atoms with van der Waals surface area (Å²) in [5.41, 5.74) is 1.92. The van der Waals surface area contributed by atoms with Crippen LogP contribution in [0.15, 0.2) is 48.5 Å². The molecular weight excluding hydrogens is 439 g/mol. The Balaban J connectivity index is 2.17. The van der Waals surface area contributed by atoms with Crippen LogP contribution in [0.5, 0.6) is 0 Å². The van der Waals surface area contributed by atoms with Gasteiger partial charge in [0.25, 0.3) is 0 Å². The van der Waals surface area contributed by atoms with Gasteiger partial charge in [0.15, 0.2) is 0 Å². The van der Waals surface area contributed by atoms with E-state index in [1.807, 2.05) is 51.1 Å². The fourth-order valence-corrected chi connectivity index (χ4v) is 4.39. The molecule has 162 valence electrons. The molecule has 0 aromatic heterocycles. The highest BCUT2D eigenvalue weighted by Gasteiger charge is 2.29. The smallest absolute Gasteiger partial charge is 0.243 e. The standard InChI is InChI=1S/C23H28Cl2N2O2S/c1-4-21(23(29)26-16(2)3)27(13-18-10-11-19(24)12-20(18)25)22(28)15-30-14-17-8-6-5-7-9-17/h5-12,16,21H,4,13-15H2,1-3H3,(H,26,29). The summed E-state index contributed by atoms with van der Waals surface area (Å²) in [6, 6.07) is 14.6. The van der Waals surface area contributed by atoms with Crippen molar-refractivity contribution in [2.75, 3.05) is 5.75 Å². The predicted molar refractivity (Wildman–Crippen MR) is 127 cm³/mol. The van der Waals surface area contributed by atoms with Crippen LogP contribution in [0.3, 0.4) is 0 Å². The number of carbonyl (C=O) groups is 2. The highest BCUT2D eigenvalue weighted by molar-refractivity contribution is 7.99. The van der Waals surface area contributed by atoms with Gasteiger partial charge in [-0.3, -0.25) is 9.59 Å². The minimum Gasteiger partial charge on any atom is -0.352 e. The molecule has 0 saturated heterocycles. The van der Waals surface area contributed by atoms with E-state index in [4.69, 9.17) is 23.2 Å². The molecule has 0 aliphatic carbocycles. The molecule has 0 aliphatic rings. The summed E-state index contributed by atoms with van der Waals surface area (Å²) in [6.07, 6.45) is 0.513. The third-order valence-electron chi connectivity index (χ3n) is 4.51. The number of benzene rings is 2. The molecule has 0 radical (unpaired) electrons. The normalized spacial score (nSPS) is 11.9. The quantitative estimate of drug-likeness (QED) is 0.498. The van der Waals surface area contributed by atoms with E-state index in [2.05, 4.69) is 5.32 Å². The van der Waals surface area contributed by atoms with Crippen molar-refractivity contribution in [3.05, 3.63) is 69.7 Å². The number of amides is 2. The molecule has 2 rings (SSSR count). The highest BCUT2D eigenvalue weighted by atomic mass is 35.5. The number of nitrogens with zero attached hydrogens (tertiary/aromatic N) is 1. The lowest BCUT2D eigenvalue weighted by Gasteiger charge is -2.31. The van der Waals surface area contributed by atoms with Crippen molar-refractivity contribution in [2.24, 2.45) is 0 Å². The first-order chi connectivity index (χ1) is 14.3. The first-order valence-electron chi connectivity index (χ1n) is 9.97. The fourth-order valence-electron chi connectivity index (χ4n) is 3.05. The number of halogens is 2. The van der Waals surface area contributed by atoms with Gasteiger partial charge in [0.05, 0.1) is 5.75 Å². The zero-order chi connectivity index (χ0) is 22.1. The lowest BCUT2D eigenvalue weighted by Crippen LogP contribution is -2.51. The second kappa shape index (κ2) is 12.2. The van der Waals surface area contributed by atoms with Crippen LogP contribution >= 0.6 is 35.0 Å². The monoisotopic (exact) mass is 466 g/mol. The minimum absolute atomic E-state index is 0.00456. The van der Waals surface area contributed by atoms with E-state index < -0.39 is 6.04 Å². The Labute approximate surface area is 193 Å². The molecule has 1 atom stereocenters. The predicted octanol–water partition coefficient (Wildman–Crippen LogP) is 5.56. The van der Waals surface area contributed by atoms with Crippen molar-refractivity contribution in [3.8, 4) is 0 Å². The van der Waals surface area contributed by atoms with Gasteiger partial charge in [-0.2, -0.15) is 0 Å². The van der Waals surface area contributed by atoms with Gasteiger partial charge in [-0.05, 0) is 43.5 Å². The Hall–Kier alpha value is -1.69. The first kappa shape index (κ1) is 24.6. The van der Waals surface area contributed by atoms with Crippen LogP contribution in [0, 0.1) is 0 Å². The van der Waals surface area contributed by atoms with Gasteiger partial charge in [-0.1, -0.05) is 66.5 Å².